The molecule has 1 aromatic rings. The summed E-state index contributed by atoms with van der Waals surface area (Å²) >= 11 is 0. The van der Waals surface area contributed by atoms with Crippen LogP contribution in [-0.4, -0.2) is 30.0 Å². The zero-order valence-electron chi connectivity index (χ0n) is 11.3. The minimum Gasteiger partial charge on any atom is -0.489 e. The molecule has 0 radical (unpaired) electrons. The summed E-state index contributed by atoms with van der Waals surface area (Å²) in [6, 6.07) is 9.91. The Morgan fingerprint density at radius 2 is 1.89 bits per heavy atom. The van der Waals surface area contributed by atoms with Crippen LogP contribution in [-0.2, 0) is 4.79 Å². The molecule has 2 aliphatic rings. The zero-order chi connectivity index (χ0) is 13.1. The topological polar surface area (TPSA) is 29.5 Å². The van der Waals surface area contributed by atoms with E-state index in [9.17, 15) is 4.79 Å². The van der Waals surface area contributed by atoms with Gasteiger partial charge in [-0.2, -0.15) is 0 Å². The van der Waals surface area contributed by atoms with Gasteiger partial charge in [0.2, 0.25) is 5.91 Å². The van der Waals surface area contributed by atoms with Gasteiger partial charge in [-0.05, 0) is 37.8 Å². The van der Waals surface area contributed by atoms with Crippen LogP contribution in [0.1, 0.15) is 32.1 Å². The van der Waals surface area contributed by atoms with Gasteiger partial charge in [-0.15, -0.1) is 0 Å². The normalized spacial score (nSPS) is 23.8. The Hall–Kier alpha value is -1.51. The average Bonchev–Trinajstić information content (AvgIpc) is 2.38. The van der Waals surface area contributed by atoms with Crippen molar-refractivity contribution >= 4 is 5.91 Å². The van der Waals surface area contributed by atoms with E-state index in [-0.39, 0.29) is 6.10 Å². The monoisotopic (exact) mass is 259 g/mol. The van der Waals surface area contributed by atoms with Crippen LogP contribution in [0.2, 0.25) is 0 Å². The molecule has 3 rings (SSSR count). The van der Waals surface area contributed by atoms with Crippen molar-refractivity contribution in [3.05, 3.63) is 30.3 Å². The summed E-state index contributed by atoms with van der Waals surface area (Å²) in [7, 11) is 0. The van der Waals surface area contributed by atoms with Crippen LogP contribution in [0.3, 0.4) is 0 Å². The van der Waals surface area contributed by atoms with Gasteiger partial charge in [0.1, 0.15) is 11.9 Å². The van der Waals surface area contributed by atoms with E-state index in [1.54, 1.807) is 0 Å². The van der Waals surface area contributed by atoms with Gasteiger partial charge >= 0.3 is 0 Å². The first-order valence-electron chi connectivity index (χ1n) is 7.33. The first-order valence-corrected chi connectivity index (χ1v) is 7.33. The number of nitrogens with zero attached hydrogens (tertiary/aromatic N) is 1. The fourth-order valence-corrected chi connectivity index (χ4v) is 2.84. The maximum atomic E-state index is 12.2. The Balaban J connectivity index is 1.57. The van der Waals surface area contributed by atoms with Gasteiger partial charge in [-0.3, -0.25) is 4.79 Å². The second-order valence-electron chi connectivity index (χ2n) is 5.61. The third-order valence-corrected chi connectivity index (χ3v) is 4.19. The lowest BCUT2D eigenvalue weighted by Crippen LogP contribution is -2.47. The SMILES string of the molecule is O=C(C1CCC1)N1CCCC(Oc2ccccc2)C1. The van der Waals surface area contributed by atoms with E-state index in [0.717, 1.165) is 44.5 Å². The fourth-order valence-electron chi connectivity index (χ4n) is 2.84. The molecule has 3 heteroatoms. The Kier molecular flexibility index (Phi) is 3.72. The first-order chi connectivity index (χ1) is 9.33. The molecule has 102 valence electrons. The predicted molar refractivity (Wildman–Crippen MR) is 74.0 cm³/mol. The molecular weight excluding hydrogens is 238 g/mol. The lowest BCUT2D eigenvalue weighted by atomic mass is 9.84. The molecule has 1 heterocycles. The second-order valence-corrected chi connectivity index (χ2v) is 5.61. The van der Waals surface area contributed by atoms with E-state index >= 15 is 0 Å². The van der Waals surface area contributed by atoms with Crippen molar-refractivity contribution in [2.75, 3.05) is 13.1 Å². The number of piperidine rings is 1. The molecular formula is C16H21NO2. The number of hydrogen-bond donors (Lipinski definition) is 0. The van der Waals surface area contributed by atoms with Gasteiger partial charge in [0, 0.05) is 12.5 Å². The lowest BCUT2D eigenvalue weighted by Gasteiger charge is -2.37. The highest BCUT2D eigenvalue weighted by Crippen LogP contribution is 2.29. The minimum atomic E-state index is 0.153. The molecule has 19 heavy (non-hydrogen) atoms. The highest BCUT2D eigenvalue weighted by molar-refractivity contribution is 5.79. The van der Waals surface area contributed by atoms with Crippen LogP contribution >= 0.6 is 0 Å². The molecule has 1 aromatic carbocycles. The van der Waals surface area contributed by atoms with Crippen LogP contribution in [0, 0.1) is 5.92 Å². The number of para-hydroxylation sites is 1. The van der Waals surface area contributed by atoms with Gasteiger partial charge < -0.3 is 9.64 Å². The summed E-state index contributed by atoms with van der Waals surface area (Å²) in [6.45, 7) is 1.66. The molecule has 1 aliphatic carbocycles. The van der Waals surface area contributed by atoms with E-state index in [4.69, 9.17) is 4.74 Å². The van der Waals surface area contributed by atoms with Crippen LogP contribution in [0.4, 0.5) is 0 Å². The van der Waals surface area contributed by atoms with E-state index in [1.165, 1.54) is 6.42 Å². The highest BCUT2D eigenvalue weighted by atomic mass is 16.5. The summed E-state index contributed by atoms with van der Waals surface area (Å²) in [6.07, 6.45) is 5.63. The molecule has 3 nitrogen and oxygen atoms in total. The van der Waals surface area contributed by atoms with Gasteiger partial charge in [0.05, 0.1) is 6.54 Å². The summed E-state index contributed by atoms with van der Waals surface area (Å²) in [5.41, 5.74) is 0. The molecule has 1 amide bonds. The molecule has 2 fully saturated rings. The first kappa shape index (κ1) is 12.5. The van der Waals surface area contributed by atoms with Crippen molar-refractivity contribution in [3.8, 4) is 5.75 Å². The molecule has 1 saturated heterocycles. The molecule has 0 spiro atoms. The van der Waals surface area contributed by atoms with E-state index < -0.39 is 0 Å². The van der Waals surface area contributed by atoms with Crippen molar-refractivity contribution in [3.63, 3.8) is 0 Å². The second kappa shape index (κ2) is 5.64. The Labute approximate surface area is 114 Å². The molecule has 1 unspecified atom stereocenters. The maximum absolute atomic E-state index is 12.2. The number of carbonyl (C=O) groups excluding carboxylic acids is 1. The summed E-state index contributed by atoms with van der Waals surface area (Å²) in [4.78, 5) is 14.3. The number of rotatable bonds is 3. The van der Waals surface area contributed by atoms with Gasteiger partial charge in [0.15, 0.2) is 0 Å². The number of hydrogen-bond acceptors (Lipinski definition) is 2. The van der Waals surface area contributed by atoms with Gasteiger partial charge in [0.25, 0.3) is 0 Å². The van der Waals surface area contributed by atoms with Crippen molar-refractivity contribution in [2.45, 2.75) is 38.2 Å². The van der Waals surface area contributed by atoms with Gasteiger partial charge in [-0.25, -0.2) is 0 Å². The summed E-state index contributed by atoms with van der Waals surface area (Å²) in [5, 5.41) is 0. The quantitative estimate of drug-likeness (QED) is 0.835. The standard InChI is InChI=1S/C16H21NO2/c18-16(13-6-4-7-13)17-11-5-10-15(12-17)19-14-8-2-1-3-9-14/h1-3,8-9,13,15H,4-7,10-12H2. The van der Waals surface area contributed by atoms with Crippen molar-refractivity contribution in [1.29, 1.82) is 0 Å². The lowest BCUT2D eigenvalue weighted by molar-refractivity contribution is -0.140. The van der Waals surface area contributed by atoms with E-state index in [2.05, 4.69) is 0 Å². The Bertz CT molecular complexity index is 428. The molecule has 1 saturated carbocycles. The van der Waals surface area contributed by atoms with Gasteiger partial charge in [-0.1, -0.05) is 24.6 Å². The smallest absolute Gasteiger partial charge is 0.225 e. The average molecular weight is 259 g/mol. The summed E-state index contributed by atoms with van der Waals surface area (Å²) in [5.74, 6) is 1.56. The van der Waals surface area contributed by atoms with Crippen LogP contribution in [0.15, 0.2) is 30.3 Å². The van der Waals surface area contributed by atoms with Crippen LogP contribution in [0.25, 0.3) is 0 Å². The third kappa shape index (κ3) is 2.91. The maximum Gasteiger partial charge on any atom is 0.225 e. The van der Waals surface area contributed by atoms with E-state index in [0.29, 0.717) is 11.8 Å². The minimum absolute atomic E-state index is 0.153. The largest absolute Gasteiger partial charge is 0.489 e. The highest BCUT2D eigenvalue weighted by Gasteiger charge is 2.32. The molecule has 0 N–H and O–H groups in total. The molecule has 1 atom stereocenters. The van der Waals surface area contributed by atoms with Crippen molar-refractivity contribution in [2.24, 2.45) is 5.92 Å². The zero-order valence-corrected chi connectivity index (χ0v) is 11.3. The number of benzene rings is 1. The fraction of sp³-hybridized carbons (Fsp3) is 0.562. The van der Waals surface area contributed by atoms with Crippen molar-refractivity contribution in [1.82, 2.24) is 4.90 Å². The Morgan fingerprint density at radius 3 is 2.58 bits per heavy atom. The molecule has 0 bridgehead atoms. The Morgan fingerprint density at radius 1 is 1.11 bits per heavy atom. The third-order valence-electron chi connectivity index (χ3n) is 4.19. The van der Waals surface area contributed by atoms with Crippen molar-refractivity contribution < 1.29 is 9.53 Å². The van der Waals surface area contributed by atoms with E-state index in [1.807, 2.05) is 35.2 Å². The number of amides is 1. The summed E-state index contributed by atoms with van der Waals surface area (Å²) < 4.78 is 5.97. The predicted octanol–water partition coefficient (Wildman–Crippen LogP) is 2.86. The van der Waals surface area contributed by atoms with Crippen LogP contribution < -0.4 is 4.74 Å². The molecule has 0 aromatic heterocycles. The number of ether oxygens (including phenoxy) is 1. The number of carbonyl (C=O) groups is 1. The number of likely N-dealkylation sites (tertiary alicyclic amines) is 1. The molecule has 1 aliphatic heterocycles. The van der Waals surface area contributed by atoms with Crippen LogP contribution in [0.5, 0.6) is 5.75 Å².